The number of hydrogen-bond donors (Lipinski definition) is 1. The van der Waals surface area contributed by atoms with Crippen LogP contribution in [0.2, 0.25) is 0 Å². The van der Waals surface area contributed by atoms with Crippen molar-refractivity contribution in [3.63, 3.8) is 0 Å². The van der Waals surface area contributed by atoms with E-state index in [1.54, 1.807) is 7.11 Å². The second-order valence-corrected chi connectivity index (χ2v) is 9.07. The largest absolute Gasteiger partial charge is 0.497 e. The van der Waals surface area contributed by atoms with E-state index in [-0.39, 0.29) is 5.91 Å². The molecule has 1 spiro atoms. The second kappa shape index (κ2) is 8.26. The molecule has 9 nitrogen and oxygen atoms in total. The van der Waals surface area contributed by atoms with Crippen LogP contribution in [0, 0.1) is 6.92 Å². The molecule has 6 rings (SSSR count). The number of ether oxygens (including phenoxy) is 1. The summed E-state index contributed by atoms with van der Waals surface area (Å²) in [6.45, 7) is 3.85. The average molecular weight is 470 g/mol. The molecule has 4 heterocycles. The number of amides is 1. The zero-order valence-electron chi connectivity index (χ0n) is 19.8. The van der Waals surface area contributed by atoms with Crippen LogP contribution < -0.4 is 19.9 Å². The van der Waals surface area contributed by atoms with Crippen molar-refractivity contribution in [2.24, 2.45) is 0 Å². The topological polar surface area (TPSA) is 87.9 Å². The number of piperidine rings is 1. The Kier molecular flexibility index (Phi) is 5.05. The van der Waals surface area contributed by atoms with Gasteiger partial charge in [0.15, 0.2) is 5.82 Å². The molecule has 2 aliphatic heterocycles. The zero-order valence-corrected chi connectivity index (χ0v) is 19.8. The smallest absolute Gasteiger partial charge is 0.247 e. The maximum atomic E-state index is 13.1. The molecular weight excluding hydrogens is 442 g/mol. The van der Waals surface area contributed by atoms with Crippen molar-refractivity contribution in [3.05, 3.63) is 66.6 Å². The van der Waals surface area contributed by atoms with Crippen LogP contribution in [0.3, 0.4) is 0 Å². The lowest BCUT2D eigenvalue weighted by Crippen LogP contribution is -2.56. The van der Waals surface area contributed by atoms with Crippen LogP contribution in [0.4, 0.5) is 11.5 Å². The number of aryl methyl sites for hydroxylation is 1. The SMILES string of the molecule is COc1ccc(-c2cn3c(C)nnc3c(N3CCC4(CC3)C(=O)NCN4c3ccccc3)n2)cc1. The van der Waals surface area contributed by atoms with Gasteiger partial charge >= 0.3 is 0 Å². The van der Waals surface area contributed by atoms with Gasteiger partial charge in [0, 0.05) is 30.5 Å². The third-order valence-corrected chi connectivity index (χ3v) is 7.22. The summed E-state index contributed by atoms with van der Waals surface area (Å²) >= 11 is 0. The first-order chi connectivity index (χ1) is 17.1. The fourth-order valence-corrected chi connectivity index (χ4v) is 5.23. The molecule has 0 radical (unpaired) electrons. The summed E-state index contributed by atoms with van der Waals surface area (Å²) in [5, 5.41) is 11.8. The second-order valence-electron chi connectivity index (χ2n) is 9.07. The van der Waals surface area contributed by atoms with E-state index in [0.29, 0.717) is 32.6 Å². The normalized spacial score (nSPS) is 17.3. The van der Waals surface area contributed by atoms with E-state index < -0.39 is 5.54 Å². The molecule has 2 aromatic heterocycles. The highest BCUT2D eigenvalue weighted by molar-refractivity contribution is 5.93. The first kappa shape index (κ1) is 21.4. The van der Waals surface area contributed by atoms with E-state index in [1.165, 1.54) is 0 Å². The van der Waals surface area contributed by atoms with Gasteiger partial charge in [-0.25, -0.2) is 4.98 Å². The van der Waals surface area contributed by atoms with Crippen molar-refractivity contribution >= 4 is 23.1 Å². The Balaban J connectivity index is 1.34. The van der Waals surface area contributed by atoms with E-state index >= 15 is 0 Å². The lowest BCUT2D eigenvalue weighted by Gasteiger charge is -2.43. The van der Waals surface area contributed by atoms with Gasteiger partial charge in [0.1, 0.15) is 17.1 Å². The number of nitrogens with one attached hydrogen (secondary N) is 1. The highest BCUT2D eigenvalue weighted by Crippen LogP contribution is 2.38. The first-order valence-electron chi connectivity index (χ1n) is 11.8. The van der Waals surface area contributed by atoms with Crippen LogP contribution in [-0.2, 0) is 4.79 Å². The number of nitrogens with zero attached hydrogens (tertiary/aromatic N) is 6. The van der Waals surface area contributed by atoms with Gasteiger partial charge in [0.2, 0.25) is 11.6 Å². The van der Waals surface area contributed by atoms with Crippen LogP contribution in [0.5, 0.6) is 5.75 Å². The fourth-order valence-electron chi connectivity index (χ4n) is 5.23. The van der Waals surface area contributed by atoms with Crippen molar-refractivity contribution in [2.45, 2.75) is 25.3 Å². The van der Waals surface area contributed by atoms with E-state index in [9.17, 15) is 4.79 Å². The summed E-state index contributed by atoms with van der Waals surface area (Å²) < 4.78 is 7.30. The van der Waals surface area contributed by atoms with Crippen molar-refractivity contribution in [1.82, 2.24) is 24.9 Å². The molecular formula is C26H27N7O2. The monoisotopic (exact) mass is 469 g/mol. The van der Waals surface area contributed by atoms with Gasteiger partial charge in [-0.15, -0.1) is 10.2 Å². The molecule has 2 aliphatic rings. The van der Waals surface area contributed by atoms with Crippen molar-refractivity contribution < 1.29 is 9.53 Å². The minimum Gasteiger partial charge on any atom is -0.497 e. The van der Waals surface area contributed by atoms with E-state index in [4.69, 9.17) is 9.72 Å². The minimum atomic E-state index is -0.550. The highest BCUT2D eigenvalue weighted by Gasteiger charge is 2.50. The van der Waals surface area contributed by atoms with Crippen LogP contribution >= 0.6 is 0 Å². The number of para-hydroxylation sites is 1. The molecule has 2 aromatic carbocycles. The molecule has 2 saturated heterocycles. The van der Waals surface area contributed by atoms with E-state index in [1.807, 2.05) is 60.0 Å². The van der Waals surface area contributed by atoms with E-state index in [2.05, 4.69) is 37.4 Å². The number of hydrogen-bond acceptors (Lipinski definition) is 7. The number of carbonyl (C=O) groups is 1. The third-order valence-electron chi connectivity index (χ3n) is 7.22. The Morgan fingerprint density at radius 2 is 1.74 bits per heavy atom. The van der Waals surface area contributed by atoms with Gasteiger partial charge in [-0.1, -0.05) is 18.2 Å². The molecule has 1 N–H and O–H groups in total. The number of anilines is 2. The summed E-state index contributed by atoms with van der Waals surface area (Å²) in [4.78, 5) is 22.5. The molecule has 1 amide bonds. The molecule has 178 valence electrons. The predicted octanol–water partition coefficient (Wildman–Crippen LogP) is 3.04. The Hall–Kier alpha value is -4.14. The van der Waals surface area contributed by atoms with Gasteiger partial charge in [-0.3, -0.25) is 9.20 Å². The predicted molar refractivity (Wildman–Crippen MR) is 134 cm³/mol. The Morgan fingerprint density at radius 1 is 1.00 bits per heavy atom. The Morgan fingerprint density at radius 3 is 2.46 bits per heavy atom. The maximum absolute atomic E-state index is 13.1. The van der Waals surface area contributed by atoms with Gasteiger partial charge in [-0.05, 0) is 56.2 Å². The third kappa shape index (κ3) is 3.46. The van der Waals surface area contributed by atoms with Gasteiger partial charge in [-0.2, -0.15) is 0 Å². The summed E-state index contributed by atoms with van der Waals surface area (Å²) in [5.41, 5.74) is 3.07. The van der Waals surface area contributed by atoms with Crippen molar-refractivity contribution in [3.8, 4) is 17.0 Å². The van der Waals surface area contributed by atoms with E-state index in [0.717, 1.165) is 40.0 Å². The Bertz CT molecular complexity index is 1380. The molecule has 0 bridgehead atoms. The van der Waals surface area contributed by atoms with Crippen LogP contribution in [0.1, 0.15) is 18.7 Å². The lowest BCUT2D eigenvalue weighted by molar-refractivity contribution is -0.124. The average Bonchev–Trinajstić information content (AvgIpc) is 3.44. The molecule has 9 heteroatoms. The Labute approximate surface area is 203 Å². The quantitative estimate of drug-likeness (QED) is 0.492. The molecule has 0 atom stereocenters. The highest BCUT2D eigenvalue weighted by atomic mass is 16.5. The van der Waals surface area contributed by atoms with Gasteiger partial charge in [0.25, 0.3) is 0 Å². The fraction of sp³-hybridized carbons (Fsp3) is 0.308. The van der Waals surface area contributed by atoms with Crippen LogP contribution in [0.15, 0.2) is 60.8 Å². The molecule has 0 unspecified atom stereocenters. The first-order valence-corrected chi connectivity index (χ1v) is 11.8. The van der Waals surface area contributed by atoms with Crippen LogP contribution in [0.25, 0.3) is 16.9 Å². The molecule has 4 aromatic rings. The molecule has 2 fully saturated rings. The van der Waals surface area contributed by atoms with Crippen molar-refractivity contribution in [1.29, 1.82) is 0 Å². The molecule has 0 aliphatic carbocycles. The number of benzene rings is 2. The van der Waals surface area contributed by atoms with Crippen LogP contribution in [-0.4, -0.2) is 57.9 Å². The number of fused-ring (bicyclic) bond motifs is 1. The summed E-state index contributed by atoms with van der Waals surface area (Å²) in [6.07, 6.45) is 3.37. The standard InChI is InChI=1S/C26H27N7O2/c1-18-29-30-24-23(28-22(16-32(18)24)19-8-10-21(35-2)11-9-19)31-14-12-26(13-15-31)25(34)27-17-33(26)20-6-4-3-5-7-20/h3-11,16H,12-15,17H2,1-2H3,(H,27,34). The maximum Gasteiger partial charge on any atom is 0.247 e. The summed E-state index contributed by atoms with van der Waals surface area (Å²) in [5.74, 6) is 2.50. The van der Waals surface area contributed by atoms with Gasteiger partial charge in [0.05, 0.1) is 19.5 Å². The summed E-state index contributed by atoms with van der Waals surface area (Å²) in [6, 6.07) is 18.0. The number of rotatable bonds is 4. The lowest BCUT2D eigenvalue weighted by atomic mass is 9.85. The molecule has 35 heavy (non-hydrogen) atoms. The van der Waals surface area contributed by atoms with Crippen molar-refractivity contribution in [2.75, 3.05) is 36.7 Å². The number of aromatic nitrogens is 4. The molecule has 0 saturated carbocycles. The number of carbonyl (C=O) groups excluding carboxylic acids is 1. The zero-order chi connectivity index (χ0) is 24.0. The summed E-state index contributed by atoms with van der Waals surface area (Å²) in [7, 11) is 1.66. The van der Waals surface area contributed by atoms with Gasteiger partial charge < -0.3 is 19.9 Å². The minimum absolute atomic E-state index is 0.101. The number of methoxy groups -OCH3 is 1.